The van der Waals surface area contributed by atoms with E-state index in [1.807, 2.05) is 18.4 Å². The summed E-state index contributed by atoms with van der Waals surface area (Å²) in [6.45, 7) is 1.98. The zero-order chi connectivity index (χ0) is 16.8. The van der Waals surface area contributed by atoms with Gasteiger partial charge in [-0.1, -0.05) is 6.07 Å². The fourth-order valence-electron chi connectivity index (χ4n) is 2.29. The van der Waals surface area contributed by atoms with Crippen LogP contribution < -0.4 is 19.5 Å². The van der Waals surface area contributed by atoms with Gasteiger partial charge in [0.25, 0.3) is 5.91 Å². The molecule has 0 aliphatic heterocycles. The quantitative estimate of drug-likeness (QED) is 0.844. The molecule has 1 atom stereocenters. The molecule has 0 aliphatic rings. The van der Waals surface area contributed by atoms with Gasteiger partial charge in [0, 0.05) is 29.5 Å². The van der Waals surface area contributed by atoms with E-state index < -0.39 is 0 Å². The Bertz CT molecular complexity index is 655. The highest BCUT2D eigenvalue weighted by molar-refractivity contribution is 7.09. The third-order valence-corrected chi connectivity index (χ3v) is 4.31. The second-order valence-electron chi connectivity index (χ2n) is 5.07. The number of hydrogen-bond donors (Lipinski definition) is 1. The van der Waals surface area contributed by atoms with Crippen molar-refractivity contribution in [2.75, 3.05) is 21.3 Å². The molecule has 1 unspecified atom stereocenters. The molecular weight excluding hydrogens is 314 g/mol. The molecule has 2 aromatic rings. The molecule has 0 saturated carbocycles. The molecule has 1 heterocycles. The maximum Gasteiger partial charge on any atom is 0.255 e. The highest BCUT2D eigenvalue weighted by atomic mass is 32.1. The molecule has 1 amide bonds. The van der Waals surface area contributed by atoms with Crippen LogP contribution in [0.5, 0.6) is 17.2 Å². The number of methoxy groups -OCH3 is 3. The van der Waals surface area contributed by atoms with Gasteiger partial charge in [-0.25, -0.2) is 0 Å². The Hall–Kier alpha value is -2.21. The predicted octanol–water partition coefficient (Wildman–Crippen LogP) is 3.13. The van der Waals surface area contributed by atoms with E-state index in [9.17, 15) is 4.79 Å². The van der Waals surface area contributed by atoms with Crippen molar-refractivity contribution in [2.24, 2.45) is 0 Å². The zero-order valence-electron chi connectivity index (χ0n) is 13.7. The van der Waals surface area contributed by atoms with E-state index in [0.29, 0.717) is 22.8 Å². The van der Waals surface area contributed by atoms with Gasteiger partial charge in [-0.15, -0.1) is 11.3 Å². The second-order valence-corrected chi connectivity index (χ2v) is 6.10. The highest BCUT2D eigenvalue weighted by Crippen LogP contribution is 2.34. The Balaban J connectivity index is 2.17. The van der Waals surface area contributed by atoms with Gasteiger partial charge < -0.3 is 19.5 Å². The average molecular weight is 335 g/mol. The third-order valence-electron chi connectivity index (χ3n) is 3.42. The largest absolute Gasteiger partial charge is 0.496 e. The van der Waals surface area contributed by atoms with Crippen LogP contribution in [0, 0.1) is 0 Å². The summed E-state index contributed by atoms with van der Waals surface area (Å²) in [7, 11) is 4.60. The number of carbonyl (C=O) groups is 1. The first kappa shape index (κ1) is 17.1. The van der Waals surface area contributed by atoms with E-state index in [4.69, 9.17) is 14.2 Å². The summed E-state index contributed by atoms with van der Waals surface area (Å²) >= 11 is 1.68. The SMILES string of the molecule is COc1cc(OC)c(C(=O)NC(C)Cc2cccs2)cc1OC. The number of benzene rings is 1. The summed E-state index contributed by atoms with van der Waals surface area (Å²) in [5.41, 5.74) is 0.420. The lowest BCUT2D eigenvalue weighted by molar-refractivity contribution is 0.0936. The van der Waals surface area contributed by atoms with Gasteiger partial charge >= 0.3 is 0 Å². The molecule has 1 aromatic heterocycles. The van der Waals surface area contributed by atoms with Crippen molar-refractivity contribution in [1.29, 1.82) is 0 Å². The van der Waals surface area contributed by atoms with Gasteiger partial charge in [-0.3, -0.25) is 4.79 Å². The molecule has 2 rings (SSSR count). The Morgan fingerprint density at radius 3 is 2.35 bits per heavy atom. The lowest BCUT2D eigenvalue weighted by Crippen LogP contribution is -2.34. The molecule has 5 nitrogen and oxygen atoms in total. The Labute approximate surface area is 140 Å². The fourth-order valence-corrected chi connectivity index (χ4v) is 3.13. The number of amides is 1. The van der Waals surface area contributed by atoms with Crippen LogP contribution in [-0.4, -0.2) is 33.3 Å². The molecular formula is C17H21NO4S. The number of carbonyl (C=O) groups excluding carboxylic acids is 1. The van der Waals surface area contributed by atoms with Crippen LogP contribution in [0.4, 0.5) is 0 Å². The monoisotopic (exact) mass is 335 g/mol. The molecule has 0 spiro atoms. The minimum atomic E-state index is -0.202. The van der Waals surface area contributed by atoms with Crippen LogP contribution in [-0.2, 0) is 6.42 Å². The molecule has 0 saturated heterocycles. The molecule has 124 valence electrons. The number of thiophene rings is 1. The van der Waals surface area contributed by atoms with Gasteiger partial charge in [-0.2, -0.15) is 0 Å². The topological polar surface area (TPSA) is 56.8 Å². The second kappa shape index (κ2) is 7.87. The molecule has 0 radical (unpaired) electrons. The third kappa shape index (κ3) is 4.16. The Kier molecular flexibility index (Phi) is 5.87. The van der Waals surface area contributed by atoms with E-state index in [0.717, 1.165) is 6.42 Å². The van der Waals surface area contributed by atoms with Gasteiger partial charge in [0.05, 0.1) is 26.9 Å². The van der Waals surface area contributed by atoms with E-state index in [2.05, 4.69) is 11.4 Å². The number of rotatable bonds is 7. The number of nitrogens with one attached hydrogen (secondary N) is 1. The summed E-state index contributed by atoms with van der Waals surface area (Å²) in [5.74, 6) is 1.26. The molecule has 0 bridgehead atoms. The summed E-state index contributed by atoms with van der Waals surface area (Å²) in [4.78, 5) is 13.8. The molecule has 1 aromatic carbocycles. The molecule has 0 aliphatic carbocycles. The normalized spacial score (nSPS) is 11.7. The van der Waals surface area contributed by atoms with Crippen LogP contribution in [0.2, 0.25) is 0 Å². The van der Waals surface area contributed by atoms with Crippen molar-refractivity contribution >= 4 is 17.2 Å². The first-order valence-electron chi connectivity index (χ1n) is 7.22. The molecule has 1 N–H and O–H groups in total. The summed E-state index contributed by atoms with van der Waals surface area (Å²) in [5, 5.41) is 5.02. The van der Waals surface area contributed by atoms with E-state index in [-0.39, 0.29) is 11.9 Å². The summed E-state index contributed by atoms with van der Waals surface area (Å²) < 4.78 is 15.8. The van der Waals surface area contributed by atoms with E-state index in [1.54, 1.807) is 30.6 Å². The Morgan fingerprint density at radius 1 is 1.13 bits per heavy atom. The molecule has 23 heavy (non-hydrogen) atoms. The highest BCUT2D eigenvalue weighted by Gasteiger charge is 2.19. The van der Waals surface area contributed by atoms with Crippen molar-refractivity contribution in [2.45, 2.75) is 19.4 Å². The lowest BCUT2D eigenvalue weighted by Gasteiger charge is -2.16. The van der Waals surface area contributed by atoms with Crippen molar-refractivity contribution in [3.8, 4) is 17.2 Å². The fraction of sp³-hybridized carbons (Fsp3) is 0.353. The van der Waals surface area contributed by atoms with E-state index in [1.165, 1.54) is 19.1 Å². The van der Waals surface area contributed by atoms with Crippen LogP contribution in [0.3, 0.4) is 0 Å². The maximum atomic E-state index is 12.5. The first-order chi connectivity index (χ1) is 11.1. The van der Waals surface area contributed by atoms with Crippen molar-refractivity contribution in [1.82, 2.24) is 5.32 Å². The lowest BCUT2D eigenvalue weighted by atomic mass is 10.1. The first-order valence-corrected chi connectivity index (χ1v) is 8.10. The van der Waals surface area contributed by atoms with Crippen LogP contribution >= 0.6 is 11.3 Å². The summed E-state index contributed by atoms with van der Waals surface area (Å²) in [6, 6.07) is 7.36. The van der Waals surface area contributed by atoms with E-state index >= 15 is 0 Å². The summed E-state index contributed by atoms with van der Waals surface area (Å²) in [6.07, 6.45) is 0.791. The zero-order valence-corrected chi connectivity index (χ0v) is 14.5. The van der Waals surface area contributed by atoms with Crippen molar-refractivity contribution in [3.05, 3.63) is 40.1 Å². The maximum absolute atomic E-state index is 12.5. The van der Waals surface area contributed by atoms with Crippen LogP contribution in [0.25, 0.3) is 0 Å². The smallest absolute Gasteiger partial charge is 0.255 e. The van der Waals surface area contributed by atoms with Gasteiger partial charge in [0.1, 0.15) is 5.75 Å². The molecule has 6 heteroatoms. The minimum absolute atomic E-state index is 0.0129. The average Bonchev–Trinajstić information content (AvgIpc) is 3.05. The van der Waals surface area contributed by atoms with Gasteiger partial charge in [0.2, 0.25) is 0 Å². The van der Waals surface area contributed by atoms with Crippen LogP contribution in [0.15, 0.2) is 29.6 Å². The molecule has 0 fully saturated rings. The predicted molar refractivity (Wildman–Crippen MR) is 91.0 cm³/mol. The Morgan fingerprint density at radius 2 is 1.78 bits per heavy atom. The number of hydrogen-bond acceptors (Lipinski definition) is 5. The standard InChI is InChI=1S/C17H21NO4S/c1-11(8-12-6-5-7-23-12)18-17(19)13-9-15(21-3)16(22-4)10-14(13)20-2/h5-7,9-11H,8H2,1-4H3,(H,18,19). The van der Waals surface area contributed by atoms with Crippen molar-refractivity contribution < 1.29 is 19.0 Å². The number of ether oxygens (including phenoxy) is 3. The van der Waals surface area contributed by atoms with Gasteiger partial charge in [-0.05, 0) is 18.4 Å². The van der Waals surface area contributed by atoms with Gasteiger partial charge in [0.15, 0.2) is 11.5 Å². The van der Waals surface area contributed by atoms with Crippen molar-refractivity contribution in [3.63, 3.8) is 0 Å². The van der Waals surface area contributed by atoms with Crippen LogP contribution in [0.1, 0.15) is 22.2 Å². The minimum Gasteiger partial charge on any atom is -0.496 e.